The Balaban J connectivity index is 0. The number of nitrogens with two attached hydrogens (primary N) is 1. The lowest BCUT2D eigenvalue weighted by molar-refractivity contribution is 0.414. The van der Waals surface area contributed by atoms with E-state index in [4.69, 9.17) is 13.2 Å². The molecule has 0 fully saturated rings. The Morgan fingerprint density at radius 2 is 1.65 bits per heavy atom. The largest absolute Gasteiger partial charge is 0.497 e. The maximum Gasteiger partial charge on any atom is 0.198 e. The molecule has 0 bridgehead atoms. The van der Waals surface area contributed by atoms with E-state index in [1.807, 2.05) is 6.07 Å². The van der Waals surface area contributed by atoms with Gasteiger partial charge in [-0.05, 0) is 36.1 Å². The van der Waals surface area contributed by atoms with Gasteiger partial charge in [0.15, 0.2) is 10.9 Å². The first-order valence-corrected chi connectivity index (χ1v) is 6.34. The minimum atomic E-state index is -2.62. The molecule has 0 atom stereocenters. The van der Waals surface area contributed by atoms with Gasteiger partial charge in [-0.2, -0.15) is 0 Å². The van der Waals surface area contributed by atoms with E-state index in [1.165, 1.54) is 11.1 Å². The molecule has 4 nitrogen and oxygen atoms in total. The van der Waals surface area contributed by atoms with Crippen LogP contribution in [-0.4, -0.2) is 15.5 Å². The highest BCUT2D eigenvalue weighted by atomic mass is 35.5. The predicted octanol–water partition coefficient (Wildman–Crippen LogP) is 1.71. The summed E-state index contributed by atoms with van der Waals surface area (Å²) in [5, 5.41) is 4.06. The molecule has 0 spiro atoms. The van der Waals surface area contributed by atoms with Gasteiger partial charge in [0.2, 0.25) is 0 Å². The number of thiol groups is 1. The molecule has 0 aliphatic carbocycles. The summed E-state index contributed by atoms with van der Waals surface area (Å²) in [5.41, 5.74) is 2.83. The standard InChI is InChI=1S/C11H16O.ClH.H3NO2S/c1-4-9-6-7-11(12-3)8-10(9)5-2;;1-4(2)3/h6-8H,4-5H2,1-3H3;1H;4H,(H2,1,2,3). The monoisotopic (exact) mass is 281 g/mol. The Hall–Kier alpha value is -0.780. The van der Waals surface area contributed by atoms with Crippen LogP contribution >= 0.6 is 12.4 Å². The van der Waals surface area contributed by atoms with Gasteiger partial charge in [0.1, 0.15) is 5.75 Å². The Kier molecular flexibility index (Phi) is 11.3. The molecule has 100 valence electrons. The molecule has 0 radical (unpaired) electrons. The summed E-state index contributed by atoms with van der Waals surface area (Å²) in [6, 6.07) is 6.30. The molecule has 1 rings (SSSR count). The number of aryl methyl sites for hydroxylation is 2. The van der Waals surface area contributed by atoms with Crippen molar-refractivity contribution >= 4 is 23.3 Å². The van der Waals surface area contributed by atoms with E-state index in [1.54, 1.807) is 7.11 Å². The second kappa shape index (κ2) is 10.4. The van der Waals surface area contributed by atoms with Crippen LogP contribution in [0, 0.1) is 0 Å². The van der Waals surface area contributed by atoms with Crippen LogP contribution in [0.15, 0.2) is 18.2 Å². The zero-order valence-electron chi connectivity index (χ0n) is 10.3. The molecule has 0 aromatic heterocycles. The quantitative estimate of drug-likeness (QED) is 0.829. The summed E-state index contributed by atoms with van der Waals surface area (Å²) >= 11 is 0. The molecule has 17 heavy (non-hydrogen) atoms. The normalized spacial score (nSPS) is 9.00. The molecule has 1 aromatic carbocycles. The van der Waals surface area contributed by atoms with Crippen molar-refractivity contribution in [1.82, 2.24) is 0 Å². The fourth-order valence-corrected chi connectivity index (χ4v) is 1.40. The van der Waals surface area contributed by atoms with Crippen molar-refractivity contribution in [2.24, 2.45) is 5.14 Å². The van der Waals surface area contributed by atoms with E-state index in [9.17, 15) is 0 Å². The first-order valence-electron chi connectivity index (χ1n) is 5.10. The van der Waals surface area contributed by atoms with Crippen LogP contribution in [0.25, 0.3) is 0 Å². The number of hydrogen-bond acceptors (Lipinski definition) is 3. The second-order valence-electron chi connectivity index (χ2n) is 3.13. The van der Waals surface area contributed by atoms with E-state index in [2.05, 4.69) is 31.1 Å². The number of methoxy groups -OCH3 is 1. The van der Waals surface area contributed by atoms with Crippen molar-refractivity contribution in [2.45, 2.75) is 26.7 Å². The minimum absolute atomic E-state index is 0. The summed E-state index contributed by atoms with van der Waals surface area (Å²) in [7, 11) is -0.912. The molecule has 0 heterocycles. The lowest BCUT2D eigenvalue weighted by Crippen LogP contribution is -1.92. The van der Waals surface area contributed by atoms with Gasteiger partial charge >= 0.3 is 0 Å². The molecular weight excluding hydrogens is 262 g/mol. The van der Waals surface area contributed by atoms with E-state index >= 15 is 0 Å². The first-order chi connectivity index (χ1) is 7.54. The van der Waals surface area contributed by atoms with Crippen molar-refractivity contribution in [3.63, 3.8) is 0 Å². The molecule has 0 aliphatic rings. The maximum absolute atomic E-state index is 8.81. The Morgan fingerprint density at radius 3 is 2.00 bits per heavy atom. The molecule has 6 heteroatoms. The Labute approximate surface area is 111 Å². The first kappa shape index (κ1) is 18.6. The molecular formula is C11H20ClNO3S. The zero-order valence-corrected chi connectivity index (χ0v) is 12.0. The highest BCUT2D eigenvalue weighted by molar-refractivity contribution is 7.69. The maximum atomic E-state index is 8.81. The van der Waals surface area contributed by atoms with E-state index < -0.39 is 10.9 Å². The van der Waals surface area contributed by atoms with Gasteiger partial charge in [-0.25, -0.2) is 13.6 Å². The molecule has 0 saturated heterocycles. The second-order valence-corrected chi connectivity index (χ2v) is 3.70. The van der Waals surface area contributed by atoms with Crippen molar-refractivity contribution in [3.8, 4) is 5.75 Å². The molecule has 0 saturated carbocycles. The fourth-order valence-electron chi connectivity index (χ4n) is 1.40. The van der Waals surface area contributed by atoms with Crippen LogP contribution in [-0.2, 0) is 23.7 Å². The summed E-state index contributed by atoms with van der Waals surface area (Å²) in [6.07, 6.45) is 2.19. The summed E-state index contributed by atoms with van der Waals surface area (Å²) in [4.78, 5) is 0. The van der Waals surface area contributed by atoms with E-state index in [-0.39, 0.29) is 12.4 Å². The third-order valence-corrected chi connectivity index (χ3v) is 2.18. The fraction of sp³-hybridized carbons (Fsp3) is 0.455. The minimum Gasteiger partial charge on any atom is -0.497 e. The SMILES string of the molecule is CCc1ccc(OC)cc1CC.Cl.N[SH](=O)=O. The van der Waals surface area contributed by atoms with Crippen LogP contribution in [0.4, 0.5) is 0 Å². The number of benzene rings is 1. The van der Waals surface area contributed by atoms with Crippen molar-refractivity contribution in [2.75, 3.05) is 7.11 Å². The molecule has 2 N–H and O–H groups in total. The summed E-state index contributed by atoms with van der Waals surface area (Å²) in [6.45, 7) is 4.36. The predicted molar refractivity (Wildman–Crippen MR) is 73.5 cm³/mol. The van der Waals surface area contributed by atoms with Gasteiger partial charge in [-0.1, -0.05) is 19.9 Å². The van der Waals surface area contributed by atoms with Crippen LogP contribution < -0.4 is 9.88 Å². The van der Waals surface area contributed by atoms with Gasteiger partial charge in [0.25, 0.3) is 0 Å². The van der Waals surface area contributed by atoms with Gasteiger partial charge in [-0.15, -0.1) is 12.4 Å². The van der Waals surface area contributed by atoms with Crippen LogP contribution in [0.2, 0.25) is 0 Å². The average Bonchev–Trinajstić information content (AvgIpc) is 2.27. The van der Waals surface area contributed by atoms with Gasteiger partial charge in [0.05, 0.1) is 7.11 Å². The average molecular weight is 282 g/mol. The number of rotatable bonds is 3. The number of hydrogen-bond donors (Lipinski definition) is 2. The topological polar surface area (TPSA) is 69.4 Å². The van der Waals surface area contributed by atoms with E-state index in [0.717, 1.165) is 18.6 Å². The third kappa shape index (κ3) is 8.01. The van der Waals surface area contributed by atoms with Gasteiger partial charge in [0, 0.05) is 0 Å². The summed E-state index contributed by atoms with van der Waals surface area (Å²) in [5.74, 6) is 0.962. The van der Waals surface area contributed by atoms with Gasteiger partial charge in [-0.3, -0.25) is 0 Å². The molecule has 0 amide bonds. The van der Waals surface area contributed by atoms with Crippen LogP contribution in [0.5, 0.6) is 5.75 Å². The number of halogens is 1. The highest BCUT2D eigenvalue weighted by Gasteiger charge is 1.99. The number of ether oxygens (including phenoxy) is 1. The molecule has 0 unspecified atom stereocenters. The highest BCUT2D eigenvalue weighted by Crippen LogP contribution is 2.18. The lowest BCUT2D eigenvalue weighted by atomic mass is 10.0. The Bertz CT molecular complexity index is 386. The smallest absolute Gasteiger partial charge is 0.198 e. The molecule has 1 aromatic rings. The van der Waals surface area contributed by atoms with E-state index in [0.29, 0.717) is 0 Å². The van der Waals surface area contributed by atoms with Crippen molar-refractivity contribution in [3.05, 3.63) is 29.3 Å². The lowest BCUT2D eigenvalue weighted by Gasteiger charge is -2.07. The summed E-state index contributed by atoms with van der Waals surface area (Å²) < 4.78 is 22.8. The van der Waals surface area contributed by atoms with Crippen molar-refractivity contribution in [1.29, 1.82) is 0 Å². The third-order valence-electron chi connectivity index (χ3n) is 2.18. The van der Waals surface area contributed by atoms with Crippen LogP contribution in [0.3, 0.4) is 0 Å². The van der Waals surface area contributed by atoms with Crippen LogP contribution in [0.1, 0.15) is 25.0 Å². The van der Waals surface area contributed by atoms with Gasteiger partial charge < -0.3 is 4.74 Å². The zero-order chi connectivity index (χ0) is 12.6. The van der Waals surface area contributed by atoms with Crippen molar-refractivity contribution < 1.29 is 13.2 Å². The Morgan fingerprint density at radius 1 is 1.18 bits per heavy atom. The molecule has 0 aliphatic heterocycles.